The molecule has 2 aromatic carbocycles. The van der Waals surface area contributed by atoms with E-state index in [1.54, 1.807) is 0 Å². The molecule has 2 rings (SSSR count). The molecular formula is C13H9ClO. The predicted molar refractivity (Wildman–Crippen MR) is 63.3 cm³/mol. The molecule has 15 heavy (non-hydrogen) atoms. The highest BCUT2D eigenvalue weighted by molar-refractivity contribution is 6.35. The third-order valence-corrected chi connectivity index (χ3v) is 2.47. The van der Waals surface area contributed by atoms with Gasteiger partial charge in [0.05, 0.1) is 0 Å². The molecule has 74 valence electrons. The van der Waals surface area contributed by atoms with Crippen molar-refractivity contribution in [1.82, 2.24) is 0 Å². The van der Waals surface area contributed by atoms with Crippen LogP contribution in [0.3, 0.4) is 0 Å². The summed E-state index contributed by atoms with van der Waals surface area (Å²) in [6.45, 7) is 0.269. The molecule has 0 aliphatic heterocycles. The fraction of sp³-hybridized carbons (Fsp3) is 0.0769. The van der Waals surface area contributed by atoms with Crippen molar-refractivity contribution in [2.24, 2.45) is 0 Å². The van der Waals surface area contributed by atoms with E-state index in [1.165, 1.54) is 0 Å². The quantitative estimate of drug-likeness (QED) is 0.699. The van der Waals surface area contributed by atoms with E-state index in [0.29, 0.717) is 0 Å². The van der Waals surface area contributed by atoms with Gasteiger partial charge in [-0.1, -0.05) is 41.8 Å². The molecule has 0 fully saturated rings. The minimum Gasteiger partial charge on any atom is -0.480 e. The van der Waals surface area contributed by atoms with Gasteiger partial charge in [-0.15, -0.1) is 6.42 Å². The van der Waals surface area contributed by atoms with Gasteiger partial charge in [-0.25, -0.2) is 0 Å². The summed E-state index contributed by atoms with van der Waals surface area (Å²) < 4.78 is 5.43. The highest BCUT2D eigenvalue weighted by Gasteiger charge is 2.03. The number of benzene rings is 2. The van der Waals surface area contributed by atoms with E-state index in [2.05, 4.69) is 5.92 Å². The SMILES string of the molecule is C#CCOc1ccc(Cl)c2ccccc12. The van der Waals surface area contributed by atoms with Gasteiger partial charge in [0.15, 0.2) is 0 Å². The first-order valence-electron chi connectivity index (χ1n) is 4.56. The largest absolute Gasteiger partial charge is 0.480 e. The molecule has 0 aromatic heterocycles. The lowest BCUT2D eigenvalue weighted by atomic mass is 10.1. The van der Waals surface area contributed by atoms with Crippen molar-refractivity contribution in [3.8, 4) is 18.1 Å². The number of rotatable bonds is 2. The second-order valence-corrected chi connectivity index (χ2v) is 3.49. The Bertz CT molecular complexity index is 526. The first-order chi connectivity index (χ1) is 7.33. The Morgan fingerprint density at radius 1 is 1.13 bits per heavy atom. The molecule has 0 saturated heterocycles. The molecule has 0 unspecified atom stereocenters. The fourth-order valence-electron chi connectivity index (χ4n) is 1.48. The number of hydrogen-bond acceptors (Lipinski definition) is 1. The molecule has 0 bridgehead atoms. The molecule has 0 aliphatic carbocycles. The van der Waals surface area contributed by atoms with Gasteiger partial charge in [0, 0.05) is 15.8 Å². The van der Waals surface area contributed by atoms with Crippen LogP contribution < -0.4 is 4.74 Å². The third-order valence-electron chi connectivity index (χ3n) is 2.14. The average Bonchev–Trinajstić information content (AvgIpc) is 2.29. The number of ether oxygens (including phenoxy) is 1. The van der Waals surface area contributed by atoms with Crippen LogP contribution in [-0.4, -0.2) is 6.61 Å². The lowest BCUT2D eigenvalue weighted by Crippen LogP contribution is -1.94. The minimum absolute atomic E-state index is 0.269. The Labute approximate surface area is 93.6 Å². The van der Waals surface area contributed by atoms with Crippen LogP contribution in [0, 0.1) is 12.3 Å². The van der Waals surface area contributed by atoms with Crippen molar-refractivity contribution in [3.63, 3.8) is 0 Å². The van der Waals surface area contributed by atoms with Gasteiger partial charge in [0.25, 0.3) is 0 Å². The van der Waals surface area contributed by atoms with Gasteiger partial charge in [-0.2, -0.15) is 0 Å². The summed E-state index contributed by atoms with van der Waals surface area (Å²) in [5, 5.41) is 2.69. The van der Waals surface area contributed by atoms with Crippen LogP contribution in [0.2, 0.25) is 5.02 Å². The Kier molecular flexibility index (Phi) is 2.80. The molecule has 0 N–H and O–H groups in total. The van der Waals surface area contributed by atoms with Gasteiger partial charge in [0.1, 0.15) is 12.4 Å². The molecule has 0 spiro atoms. The lowest BCUT2D eigenvalue weighted by molar-refractivity contribution is 0.375. The maximum absolute atomic E-state index is 6.07. The van der Waals surface area contributed by atoms with E-state index in [9.17, 15) is 0 Å². The van der Waals surface area contributed by atoms with Crippen molar-refractivity contribution < 1.29 is 4.74 Å². The number of terminal acetylenes is 1. The van der Waals surface area contributed by atoms with Crippen LogP contribution in [-0.2, 0) is 0 Å². The van der Waals surface area contributed by atoms with Crippen LogP contribution in [0.1, 0.15) is 0 Å². The van der Waals surface area contributed by atoms with Crippen LogP contribution in [0.5, 0.6) is 5.75 Å². The zero-order chi connectivity index (χ0) is 10.7. The van der Waals surface area contributed by atoms with Crippen LogP contribution in [0.25, 0.3) is 10.8 Å². The Balaban J connectivity index is 2.57. The molecule has 2 heteroatoms. The van der Waals surface area contributed by atoms with Crippen molar-refractivity contribution in [2.45, 2.75) is 0 Å². The minimum atomic E-state index is 0.269. The van der Waals surface area contributed by atoms with Crippen LogP contribution in [0.4, 0.5) is 0 Å². The zero-order valence-electron chi connectivity index (χ0n) is 8.03. The summed E-state index contributed by atoms with van der Waals surface area (Å²) in [5.41, 5.74) is 0. The second-order valence-electron chi connectivity index (χ2n) is 3.08. The summed E-state index contributed by atoms with van der Waals surface area (Å²) >= 11 is 6.07. The average molecular weight is 217 g/mol. The topological polar surface area (TPSA) is 9.23 Å². The number of fused-ring (bicyclic) bond motifs is 1. The van der Waals surface area contributed by atoms with E-state index in [0.717, 1.165) is 21.5 Å². The van der Waals surface area contributed by atoms with Crippen molar-refractivity contribution in [3.05, 3.63) is 41.4 Å². The molecule has 2 aromatic rings. The number of halogens is 1. The van der Waals surface area contributed by atoms with E-state index in [-0.39, 0.29) is 6.61 Å². The van der Waals surface area contributed by atoms with Gasteiger partial charge in [-0.3, -0.25) is 0 Å². The molecule has 0 atom stereocenters. The van der Waals surface area contributed by atoms with Crippen molar-refractivity contribution in [1.29, 1.82) is 0 Å². The molecule has 0 radical (unpaired) electrons. The smallest absolute Gasteiger partial charge is 0.148 e. The molecule has 0 saturated carbocycles. The van der Waals surface area contributed by atoms with Gasteiger partial charge >= 0.3 is 0 Å². The maximum Gasteiger partial charge on any atom is 0.148 e. The Morgan fingerprint density at radius 3 is 2.60 bits per heavy atom. The van der Waals surface area contributed by atoms with Gasteiger partial charge in [0.2, 0.25) is 0 Å². The molecule has 0 amide bonds. The van der Waals surface area contributed by atoms with E-state index < -0.39 is 0 Å². The Hall–Kier alpha value is -1.65. The highest BCUT2D eigenvalue weighted by Crippen LogP contribution is 2.30. The predicted octanol–water partition coefficient (Wildman–Crippen LogP) is 3.51. The summed E-state index contributed by atoms with van der Waals surface area (Å²) in [7, 11) is 0. The standard InChI is InChI=1S/C13H9ClO/c1-2-9-15-13-8-7-12(14)10-5-3-4-6-11(10)13/h1,3-8H,9H2. The fourth-order valence-corrected chi connectivity index (χ4v) is 1.71. The summed E-state index contributed by atoms with van der Waals surface area (Å²) in [4.78, 5) is 0. The molecule has 0 heterocycles. The second kappa shape index (κ2) is 4.25. The van der Waals surface area contributed by atoms with E-state index >= 15 is 0 Å². The van der Waals surface area contributed by atoms with E-state index in [4.69, 9.17) is 22.8 Å². The molecule has 1 nitrogen and oxygen atoms in total. The van der Waals surface area contributed by atoms with Gasteiger partial charge in [-0.05, 0) is 12.1 Å². The summed E-state index contributed by atoms with van der Waals surface area (Å²) in [6, 6.07) is 11.5. The summed E-state index contributed by atoms with van der Waals surface area (Å²) in [6.07, 6.45) is 5.15. The van der Waals surface area contributed by atoms with Crippen molar-refractivity contribution in [2.75, 3.05) is 6.61 Å². The maximum atomic E-state index is 6.07. The first-order valence-corrected chi connectivity index (χ1v) is 4.94. The first kappa shape index (κ1) is 9.89. The third kappa shape index (κ3) is 1.91. The molecule has 0 aliphatic rings. The summed E-state index contributed by atoms with van der Waals surface area (Å²) in [5.74, 6) is 3.21. The normalized spacial score (nSPS) is 9.87. The van der Waals surface area contributed by atoms with Gasteiger partial charge < -0.3 is 4.74 Å². The lowest BCUT2D eigenvalue weighted by Gasteiger charge is -2.07. The van der Waals surface area contributed by atoms with Crippen LogP contribution in [0.15, 0.2) is 36.4 Å². The highest BCUT2D eigenvalue weighted by atomic mass is 35.5. The number of hydrogen-bond donors (Lipinski definition) is 0. The molecular weight excluding hydrogens is 208 g/mol. The monoisotopic (exact) mass is 216 g/mol. The Morgan fingerprint density at radius 2 is 1.87 bits per heavy atom. The van der Waals surface area contributed by atoms with Crippen LogP contribution >= 0.6 is 11.6 Å². The van der Waals surface area contributed by atoms with E-state index in [1.807, 2.05) is 36.4 Å². The zero-order valence-corrected chi connectivity index (χ0v) is 8.79. The van der Waals surface area contributed by atoms with Crippen molar-refractivity contribution >= 4 is 22.4 Å².